The number of aromatic nitrogens is 1. The molecular weight excluding hydrogens is 224 g/mol. The summed E-state index contributed by atoms with van der Waals surface area (Å²) in [5, 5.41) is 17.2. The van der Waals surface area contributed by atoms with Crippen LogP contribution >= 0.6 is 0 Å². The minimum absolute atomic E-state index is 0.120. The lowest BCUT2D eigenvalue weighted by Gasteiger charge is -2.16. The molecule has 18 heavy (non-hydrogen) atoms. The predicted molar refractivity (Wildman–Crippen MR) is 70.3 cm³/mol. The van der Waals surface area contributed by atoms with Gasteiger partial charge < -0.3 is 0 Å². The van der Waals surface area contributed by atoms with Crippen molar-refractivity contribution in [2.75, 3.05) is 4.90 Å². The summed E-state index contributed by atoms with van der Waals surface area (Å²) in [4.78, 5) is 5.23. The van der Waals surface area contributed by atoms with Gasteiger partial charge in [-0.25, -0.2) is 4.90 Å². The minimum atomic E-state index is 0.120. The van der Waals surface area contributed by atoms with Crippen molar-refractivity contribution in [3.8, 4) is 6.19 Å². The van der Waals surface area contributed by atoms with Crippen molar-refractivity contribution >= 4 is 11.5 Å². The molecule has 0 radical (unpaired) electrons. The molecule has 0 aliphatic rings. The first-order chi connectivity index (χ1) is 8.72. The first-order valence-electron chi connectivity index (χ1n) is 5.48. The van der Waals surface area contributed by atoms with Crippen LogP contribution in [0.15, 0.2) is 48.8 Å². The van der Waals surface area contributed by atoms with Crippen LogP contribution in [0.2, 0.25) is 0 Å². The average molecular weight is 236 g/mol. The van der Waals surface area contributed by atoms with Gasteiger partial charge in [0.05, 0.1) is 5.69 Å². The van der Waals surface area contributed by atoms with E-state index in [2.05, 4.69) is 4.98 Å². The topological polar surface area (TPSA) is 63.8 Å². The van der Waals surface area contributed by atoms with Gasteiger partial charge in [-0.3, -0.25) is 10.4 Å². The van der Waals surface area contributed by atoms with E-state index in [4.69, 9.17) is 5.41 Å². The maximum Gasteiger partial charge on any atom is 0.190 e. The number of aryl methyl sites for hydroxylation is 1. The van der Waals surface area contributed by atoms with E-state index >= 15 is 0 Å². The monoisotopic (exact) mass is 236 g/mol. The van der Waals surface area contributed by atoms with Gasteiger partial charge >= 0.3 is 0 Å². The molecule has 1 N–H and O–H groups in total. The number of anilines is 1. The Bertz CT molecular complexity index is 581. The maximum absolute atomic E-state index is 9.20. The first kappa shape index (κ1) is 11.8. The van der Waals surface area contributed by atoms with E-state index in [1.54, 1.807) is 24.5 Å². The highest BCUT2D eigenvalue weighted by Gasteiger charge is 2.13. The van der Waals surface area contributed by atoms with E-state index in [-0.39, 0.29) is 5.84 Å². The van der Waals surface area contributed by atoms with Gasteiger partial charge in [-0.05, 0) is 31.2 Å². The Hall–Kier alpha value is -2.67. The van der Waals surface area contributed by atoms with Crippen LogP contribution in [0.25, 0.3) is 0 Å². The molecule has 0 aliphatic carbocycles. The van der Waals surface area contributed by atoms with Crippen LogP contribution in [-0.4, -0.2) is 10.8 Å². The van der Waals surface area contributed by atoms with E-state index in [0.717, 1.165) is 5.56 Å². The third-order valence-electron chi connectivity index (χ3n) is 2.55. The van der Waals surface area contributed by atoms with Gasteiger partial charge in [0.2, 0.25) is 0 Å². The fraction of sp³-hybridized carbons (Fsp3) is 0.0714. The van der Waals surface area contributed by atoms with Crippen molar-refractivity contribution in [2.24, 2.45) is 0 Å². The molecule has 1 aromatic heterocycles. The summed E-state index contributed by atoms with van der Waals surface area (Å²) in [7, 11) is 0. The zero-order valence-electron chi connectivity index (χ0n) is 9.96. The second kappa shape index (κ2) is 5.11. The third kappa shape index (κ3) is 2.36. The number of nitrogens with one attached hydrogen (secondary N) is 1. The molecule has 0 saturated carbocycles. The summed E-state index contributed by atoms with van der Waals surface area (Å²) in [6.07, 6.45) is 5.23. The number of rotatable bonds is 2. The summed E-state index contributed by atoms with van der Waals surface area (Å²) >= 11 is 0. The van der Waals surface area contributed by atoms with E-state index in [1.807, 2.05) is 37.4 Å². The highest BCUT2D eigenvalue weighted by atomic mass is 15.2. The molecule has 0 fully saturated rings. The summed E-state index contributed by atoms with van der Waals surface area (Å²) in [6.45, 7) is 1.98. The smallest absolute Gasteiger partial charge is 0.190 e. The molecule has 0 aliphatic heterocycles. The molecule has 1 aromatic carbocycles. The zero-order chi connectivity index (χ0) is 13.0. The van der Waals surface area contributed by atoms with E-state index in [0.29, 0.717) is 11.3 Å². The second-order valence-electron chi connectivity index (χ2n) is 3.86. The van der Waals surface area contributed by atoms with Crippen molar-refractivity contribution in [2.45, 2.75) is 6.92 Å². The molecule has 4 heteroatoms. The zero-order valence-corrected chi connectivity index (χ0v) is 9.96. The van der Waals surface area contributed by atoms with Crippen LogP contribution in [0.3, 0.4) is 0 Å². The Kier molecular flexibility index (Phi) is 3.35. The fourth-order valence-corrected chi connectivity index (χ4v) is 1.56. The Balaban J connectivity index is 2.33. The maximum atomic E-state index is 9.20. The predicted octanol–water partition coefficient (Wildman–Crippen LogP) is 2.70. The second-order valence-corrected chi connectivity index (χ2v) is 3.86. The number of nitriles is 1. The van der Waals surface area contributed by atoms with Crippen LogP contribution in [0.1, 0.15) is 11.1 Å². The van der Waals surface area contributed by atoms with E-state index < -0.39 is 0 Å². The van der Waals surface area contributed by atoms with Gasteiger partial charge in [-0.2, -0.15) is 5.26 Å². The average Bonchev–Trinajstić information content (AvgIpc) is 2.42. The lowest BCUT2D eigenvalue weighted by molar-refractivity contribution is 1.24. The van der Waals surface area contributed by atoms with E-state index in [1.165, 1.54) is 4.90 Å². The van der Waals surface area contributed by atoms with Gasteiger partial charge in [0.1, 0.15) is 5.84 Å². The first-order valence-corrected chi connectivity index (χ1v) is 5.48. The Morgan fingerprint density at radius 2 is 2.00 bits per heavy atom. The molecule has 1 heterocycles. The number of benzene rings is 1. The van der Waals surface area contributed by atoms with Gasteiger partial charge in [0, 0.05) is 18.0 Å². The number of nitrogens with zero attached hydrogens (tertiary/aromatic N) is 3. The van der Waals surface area contributed by atoms with Crippen molar-refractivity contribution in [1.29, 1.82) is 10.7 Å². The Morgan fingerprint density at radius 1 is 1.28 bits per heavy atom. The van der Waals surface area contributed by atoms with Crippen molar-refractivity contribution in [3.63, 3.8) is 0 Å². The van der Waals surface area contributed by atoms with Crippen LogP contribution < -0.4 is 4.90 Å². The quantitative estimate of drug-likeness (QED) is 0.377. The Morgan fingerprint density at radius 3 is 2.56 bits per heavy atom. The van der Waals surface area contributed by atoms with Crippen LogP contribution in [0.5, 0.6) is 0 Å². The molecule has 4 nitrogen and oxygen atoms in total. The van der Waals surface area contributed by atoms with Crippen molar-refractivity contribution in [3.05, 3.63) is 59.9 Å². The molecule has 88 valence electrons. The molecule has 2 aromatic rings. The lowest BCUT2D eigenvalue weighted by atomic mass is 10.2. The van der Waals surface area contributed by atoms with Crippen LogP contribution in [0, 0.1) is 23.8 Å². The van der Waals surface area contributed by atoms with Crippen molar-refractivity contribution in [1.82, 2.24) is 4.98 Å². The summed E-state index contributed by atoms with van der Waals surface area (Å²) < 4.78 is 0. The van der Waals surface area contributed by atoms with Gasteiger partial charge in [-0.1, -0.05) is 17.7 Å². The van der Waals surface area contributed by atoms with E-state index in [9.17, 15) is 5.26 Å². The molecule has 0 saturated heterocycles. The summed E-state index contributed by atoms with van der Waals surface area (Å²) in [5.74, 6) is 0.120. The van der Waals surface area contributed by atoms with Crippen LogP contribution in [0.4, 0.5) is 5.69 Å². The van der Waals surface area contributed by atoms with Crippen molar-refractivity contribution < 1.29 is 0 Å². The summed E-state index contributed by atoms with van der Waals surface area (Å²) in [5.41, 5.74) is 2.40. The normalized spacial score (nSPS) is 9.56. The molecule has 0 amide bonds. The standard InChI is InChI=1S/C14H12N4/c1-11-4-6-13(7-5-11)18(10-15)14(16)12-3-2-8-17-9-12/h2-9,16H,1H3. The molecule has 0 unspecified atom stereocenters. The molecule has 0 spiro atoms. The molecule has 0 atom stereocenters. The largest absolute Gasteiger partial charge is 0.283 e. The lowest BCUT2D eigenvalue weighted by Crippen LogP contribution is -2.25. The minimum Gasteiger partial charge on any atom is -0.283 e. The SMILES string of the molecule is Cc1ccc(N(C#N)C(=N)c2cccnc2)cc1. The number of hydrogen-bond acceptors (Lipinski definition) is 3. The number of hydrogen-bond donors (Lipinski definition) is 1. The molecule has 0 bridgehead atoms. The van der Waals surface area contributed by atoms with Gasteiger partial charge in [0.25, 0.3) is 0 Å². The Labute approximate surface area is 106 Å². The highest BCUT2D eigenvalue weighted by molar-refractivity contribution is 6.09. The molecular formula is C14H12N4. The number of pyridine rings is 1. The fourth-order valence-electron chi connectivity index (χ4n) is 1.56. The molecule has 2 rings (SSSR count). The number of amidine groups is 1. The van der Waals surface area contributed by atoms with Gasteiger partial charge in [-0.15, -0.1) is 0 Å². The third-order valence-corrected chi connectivity index (χ3v) is 2.55. The van der Waals surface area contributed by atoms with Gasteiger partial charge in [0.15, 0.2) is 6.19 Å². The highest BCUT2D eigenvalue weighted by Crippen LogP contribution is 2.16. The summed E-state index contributed by atoms with van der Waals surface area (Å²) in [6, 6.07) is 11.0. The van der Waals surface area contributed by atoms with Crippen LogP contribution in [-0.2, 0) is 0 Å².